The Labute approximate surface area is 183 Å². The molecule has 3 unspecified atom stereocenters. The largest absolute Gasteiger partial charge is 0.547 e. The van der Waals surface area contributed by atoms with Crippen molar-refractivity contribution in [2.75, 3.05) is 34.3 Å². The van der Waals surface area contributed by atoms with Crippen molar-refractivity contribution in [1.29, 1.82) is 0 Å². The molecule has 7 N–H and O–H groups in total. The van der Waals surface area contributed by atoms with E-state index in [1.54, 1.807) is 6.92 Å². The van der Waals surface area contributed by atoms with Gasteiger partial charge in [0, 0.05) is 0 Å². The lowest BCUT2D eigenvalue weighted by Gasteiger charge is -2.25. The highest BCUT2D eigenvalue weighted by Gasteiger charge is 2.17. The van der Waals surface area contributed by atoms with Crippen LogP contribution in [0.2, 0.25) is 0 Å². The number of carboxylic acids is 3. The molecule has 0 bridgehead atoms. The van der Waals surface area contributed by atoms with Gasteiger partial charge in [0.1, 0.15) is 12.6 Å². The van der Waals surface area contributed by atoms with Crippen molar-refractivity contribution in [3.05, 3.63) is 0 Å². The van der Waals surface area contributed by atoms with Crippen molar-refractivity contribution in [3.63, 3.8) is 0 Å². The number of aliphatic hydroxyl groups excluding tert-OH is 4. The lowest BCUT2D eigenvalue weighted by molar-refractivity contribution is -0.873. The molecule has 0 aliphatic carbocycles. The van der Waals surface area contributed by atoms with Crippen LogP contribution in [-0.2, 0) is 14.4 Å². The van der Waals surface area contributed by atoms with Crippen LogP contribution in [0.4, 0.5) is 0 Å². The van der Waals surface area contributed by atoms with E-state index in [1.165, 1.54) is 20.8 Å². The highest BCUT2D eigenvalue weighted by atomic mass is 16.4. The maximum Gasteiger partial charge on any atom is 0.306 e. The van der Waals surface area contributed by atoms with Crippen molar-refractivity contribution in [1.82, 2.24) is 0 Å². The molecule has 0 aromatic rings. The van der Waals surface area contributed by atoms with Crippen LogP contribution in [0.1, 0.15) is 47.0 Å². The second-order valence-electron chi connectivity index (χ2n) is 8.38. The zero-order valence-electron chi connectivity index (χ0n) is 19.5. The number of aliphatic hydroxyl groups is 5. The molecule has 0 rings (SSSR count). The molecule has 3 atom stereocenters. The van der Waals surface area contributed by atoms with Crippen LogP contribution in [0.5, 0.6) is 0 Å². The number of carboxylic acid groups (broad SMARTS) is 3. The molecule has 0 heterocycles. The molecule has 0 aliphatic heterocycles. The Balaban J connectivity index is -0.000000163. The summed E-state index contributed by atoms with van der Waals surface area (Å²) in [4.78, 5) is 29.6. The number of nitrogens with zero attached hydrogens (tertiary/aromatic N) is 1. The maximum absolute atomic E-state index is 10.1. The van der Waals surface area contributed by atoms with Gasteiger partial charge < -0.3 is 50.1 Å². The lowest BCUT2D eigenvalue weighted by atomic mass is 10.1. The number of carbonyl (C=O) groups is 3. The van der Waals surface area contributed by atoms with Gasteiger partial charge in [0.2, 0.25) is 0 Å². The van der Waals surface area contributed by atoms with E-state index in [9.17, 15) is 19.5 Å². The Bertz CT molecular complexity index is 482. The fraction of sp³-hybridized carbons (Fsp3) is 0.842. The second-order valence-corrected chi connectivity index (χ2v) is 8.38. The average Bonchev–Trinajstić information content (AvgIpc) is 2.50. The van der Waals surface area contributed by atoms with E-state index >= 15 is 0 Å². The third-order valence-electron chi connectivity index (χ3n) is 2.68. The molecule has 188 valence electrons. The van der Waals surface area contributed by atoms with Crippen molar-refractivity contribution in [3.8, 4) is 0 Å². The number of hydrogen-bond acceptors (Lipinski definition) is 9. The molecular formula is C19H41NO11. The number of rotatable bonds is 9. The minimum absolute atomic E-state index is 0.139. The van der Waals surface area contributed by atoms with Gasteiger partial charge in [-0.1, -0.05) is 6.92 Å². The number of likely N-dealkylation sites (N-methyl/N-ethyl adjacent to an activating group) is 1. The van der Waals surface area contributed by atoms with Crippen molar-refractivity contribution in [2.45, 2.75) is 70.9 Å². The molecule has 12 heteroatoms. The summed E-state index contributed by atoms with van der Waals surface area (Å²) in [6.07, 6.45) is -2.76. The van der Waals surface area contributed by atoms with Crippen LogP contribution < -0.4 is 5.11 Å². The molecule has 12 nitrogen and oxygen atoms in total. The van der Waals surface area contributed by atoms with E-state index in [4.69, 9.17) is 35.7 Å². The molecule has 0 aromatic heterocycles. The summed E-state index contributed by atoms with van der Waals surface area (Å²) in [5.74, 6) is -3.33. The first kappa shape index (κ1) is 36.5. The van der Waals surface area contributed by atoms with Gasteiger partial charge >= 0.3 is 11.9 Å². The zero-order chi connectivity index (χ0) is 26.0. The van der Waals surface area contributed by atoms with Gasteiger partial charge in [-0.05, 0) is 27.2 Å². The van der Waals surface area contributed by atoms with E-state index in [2.05, 4.69) is 0 Å². The molecule has 0 fully saturated rings. The Kier molecular flexibility index (Phi) is 22.3. The zero-order valence-corrected chi connectivity index (χ0v) is 19.5. The summed E-state index contributed by atoms with van der Waals surface area (Å²) in [6.45, 7) is 6.34. The number of carbonyl (C=O) groups excluding carboxylic acids is 1. The van der Waals surface area contributed by atoms with Crippen molar-refractivity contribution in [2.24, 2.45) is 0 Å². The quantitative estimate of drug-likeness (QED) is 0.181. The lowest BCUT2D eigenvalue weighted by Crippen LogP contribution is -2.42. The molecule has 0 aromatic carbocycles. The molecule has 0 aliphatic rings. The Hall–Kier alpha value is -1.83. The first-order chi connectivity index (χ1) is 13.7. The standard InChI is InChI=1S/C7H15NO3.C5H10O3.C4H8O3.C3H8O2/c1-8(2,3)5-6(9)4-7(10)11;1-5(2,8)3-4(6)7;1-2-3(5)4(6)7;1-3(5)2-4/h6,9H,4-5H2,1-3H3;8H,3H2,1-2H3,(H,6,7);3,5H,2H2,1H3,(H,6,7);3-5H,2H2,1H3. The van der Waals surface area contributed by atoms with Crippen LogP contribution in [0.25, 0.3) is 0 Å². The van der Waals surface area contributed by atoms with Crippen molar-refractivity contribution < 1.29 is 59.7 Å². The molecule has 0 amide bonds. The van der Waals surface area contributed by atoms with Gasteiger partial charge in [0.25, 0.3) is 0 Å². The number of hydrogen-bond donors (Lipinski definition) is 7. The van der Waals surface area contributed by atoms with E-state index < -0.39 is 41.8 Å². The molecule has 31 heavy (non-hydrogen) atoms. The number of aliphatic carboxylic acids is 3. The fourth-order valence-corrected chi connectivity index (χ4v) is 1.44. The normalized spacial score (nSPS) is 13.5. The van der Waals surface area contributed by atoms with Crippen molar-refractivity contribution >= 4 is 17.9 Å². The number of quaternary nitrogens is 1. The van der Waals surface area contributed by atoms with Gasteiger partial charge in [-0.2, -0.15) is 0 Å². The van der Waals surface area contributed by atoms with Crippen LogP contribution in [0, 0.1) is 0 Å². The monoisotopic (exact) mass is 459 g/mol. The average molecular weight is 460 g/mol. The third-order valence-corrected chi connectivity index (χ3v) is 2.68. The van der Waals surface area contributed by atoms with E-state index in [1.807, 2.05) is 21.1 Å². The Morgan fingerprint density at radius 1 is 1.00 bits per heavy atom. The second kappa shape index (κ2) is 18.9. The molecule has 0 saturated heterocycles. The molecule has 0 radical (unpaired) electrons. The van der Waals surface area contributed by atoms with Crippen LogP contribution in [0.15, 0.2) is 0 Å². The summed E-state index contributed by atoms with van der Waals surface area (Å²) < 4.78 is 0.578. The summed E-state index contributed by atoms with van der Waals surface area (Å²) in [5.41, 5.74) is -1.08. The van der Waals surface area contributed by atoms with Gasteiger partial charge in [0.05, 0.1) is 64.4 Å². The van der Waals surface area contributed by atoms with Gasteiger partial charge in [0.15, 0.2) is 0 Å². The SMILES string of the molecule is CC(C)(O)CC(=O)O.CC(O)CO.CCC(O)C(=O)[O-].C[N+](C)(C)CC(O)CC(=O)O. The Morgan fingerprint density at radius 3 is 1.48 bits per heavy atom. The fourth-order valence-electron chi connectivity index (χ4n) is 1.44. The predicted molar refractivity (Wildman–Crippen MR) is 110 cm³/mol. The van der Waals surface area contributed by atoms with E-state index in [0.717, 1.165) is 0 Å². The van der Waals surface area contributed by atoms with Gasteiger partial charge in [-0.3, -0.25) is 9.59 Å². The highest BCUT2D eigenvalue weighted by Crippen LogP contribution is 2.05. The maximum atomic E-state index is 10.1. The highest BCUT2D eigenvalue weighted by molar-refractivity contribution is 5.69. The Morgan fingerprint density at radius 2 is 1.39 bits per heavy atom. The van der Waals surface area contributed by atoms with Crippen LogP contribution >= 0.6 is 0 Å². The minimum atomic E-state index is -1.40. The molecular weight excluding hydrogens is 418 g/mol. The van der Waals surface area contributed by atoms with Gasteiger partial charge in [-0.15, -0.1) is 0 Å². The summed E-state index contributed by atoms with van der Waals surface area (Å²) in [6, 6.07) is 0. The van der Waals surface area contributed by atoms with Crippen LogP contribution in [0.3, 0.4) is 0 Å². The summed E-state index contributed by atoms with van der Waals surface area (Å²) in [5, 5.41) is 68.2. The summed E-state index contributed by atoms with van der Waals surface area (Å²) in [7, 11) is 5.72. The third kappa shape index (κ3) is 47.4. The smallest absolute Gasteiger partial charge is 0.306 e. The van der Waals surface area contributed by atoms with E-state index in [0.29, 0.717) is 11.0 Å². The first-order valence-electron chi connectivity index (χ1n) is 9.50. The summed E-state index contributed by atoms with van der Waals surface area (Å²) >= 11 is 0. The van der Waals surface area contributed by atoms with Gasteiger partial charge in [-0.25, -0.2) is 0 Å². The molecule has 0 saturated carbocycles. The first-order valence-corrected chi connectivity index (χ1v) is 9.50. The predicted octanol–water partition coefficient (Wildman–Crippen LogP) is -2.37. The topological polar surface area (TPSA) is 216 Å². The van der Waals surface area contributed by atoms with Crippen LogP contribution in [-0.4, -0.2) is 116 Å². The minimum Gasteiger partial charge on any atom is -0.547 e. The van der Waals surface area contributed by atoms with E-state index in [-0.39, 0.29) is 25.9 Å². The molecule has 0 spiro atoms.